The minimum Gasteiger partial charge on any atom is -0.497 e. The highest BCUT2D eigenvalue weighted by Crippen LogP contribution is 2.31. The summed E-state index contributed by atoms with van der Waals surface area (Å²) in [6.45, 7) is 0.557. The molecule has 1 amide bonds. The van der Waals surface area contributed by atoms with Crippen LogP contribution in [0.15, 0.2) is 77.8 Å². The molecule has 0 fully saturated rings. The number of benzene rings is 3. The molecule has 0 radical (unpaired) electrons. The average molecular weight is 418 g/mol. The first-order chi connectivity index (χ1) is 15.2. The molecule has 6 heteroatoms. The van der Waals surface area contributed by atoms with Gasteiger partial charge in [-0.3, -0.25) is 9.79 Å². The van der Waals surface area contributed by atoms with E-state index < -0.39 is 0 Å². The smallest absolute Gasteiger partial charge is 0.257 e. The first kappa shape index (κ1) is 21.9. The standard InChI is InChI=1S/C25H26N2O4/c1-29-22-12-13-23(24(16-22)30-2)27-17-20-8-10-21(11-9-20)31-18-25(28)26-15-14-19-6-4-3-5-7-19/h3-13,16-17H,14-15,18H2,1-2H3,(H,26,28). The van der Waals surface area contributed by atoms with Crippen molar-refractivity contribution in [2.75, 3.05) is 27.4 Å². The van der Waals surface area contributed by atoms with Crippen molar-refractivity contribution in [1.29, 1.82) is 0 Å². The van der Waals surface area contributed by atoms with Gasteiger partial charge in [-0.05, 0) is 53.9 Å². The molecule has 0 saturated heterocycles. The van der Waals surface area contributed by atoms with Gasteiger partial charge in [0.2, 0.25) is 0 Å². The van der Waals surface area contributed by atoms with Crippen LogP contribution in [-0.2, 0) is 11.2 Å². The van der Waals surface area contributed by atoms with Crippen molar-refractivity contribution in [2.45, 2.75) is 6.42 Å². The molecule has 0 aromatic heterocycles. The molecule has 0 atom stereocenters. The van der Waals surface area contributed by atoms with Crippen LogP contribution >= 0.6 is 0 Å². The van der Waals surface area contributed by atoms with Crippen LogP contribution < -0.4 is 19.5 Å². The van der Waals surface area contributed by atoms with Crippen molar-refractivity contribution in [3.05, 3.63) is 83.9 Å². The van der Waals surface area contributed by atoms with Gasteiger partial charge in [0.15, 0.2) is 6.61 Å². The summed E-state index contributed by atoms with van der Waals surface area (Å²) in [5, 5.41) is 2.86. The second-order valence-electron chi connectivity index (χ2n) is 6.74. The average Bonchev–Trinajstić information content (AvgIpc) is 2.82. The predicted octanol–water partition coefficient (Wildman–Crippen LogP) is 4.19. The molecule has 0 unspecified atom stereocenters. The molecule has 6 nitrogen and oxygen atoms in total. The number of carbonyl (C=O) groups is 1. The van der Waals surface area contributed by atoms with Crippen LogP contribution in [0.2, 0.25) is 0 Å². The number of ether oxygens (including phenoxy) is 3. The maximum atomic E-state index is 12.0. The Morgan fingerprint density at radius 2 is 1.68 bits per heavy atom. The molecule has 31 heavy (non-hydrogen) atoms. The van der Waals surface area contributed by atoms with Gasteiger partial charge in [0.05, 0.1) is 14.2 Å². The van der Waals surface area contributed by atoms with Crippen molar-refractivity contribution in [3.8, 4) is 17.2 Å². The van der Waals surface area contributed by atoms with Gasteiger partial charge in [-0.1, -0.05) is 30.3 Å². The minimum atomic E-state index is -0.145. The Bertz CT molecular complexity index is 1000. The lowest BCUT2D eigenvalue weighted by molar-refractivity contribution is -0.123. The second-order valence-corrected chi connectivity index (χ2v) is 6.74. The number of aliphatic imine (C=N–C) groups is 1. The van der Waals surface area contributed by atoms with Crippen molar-refractivity contribution >= 4 is 17.8 Å². The summed E-state index contributed by atoms with van der Waals surface area (Å²) < 4.78 is 16.1. The molecule has 0 spiro atoms. The molecule has 160 valence electrons. The van der Waals surface area contributed by atoms with Crippen molar-refractivity contribution in [1.82, 2.24) is 5.32 Å². The number of nitrogens with one attached hydrogen (secondary N) is 1. The van der Waals surface area contributed by atoms with E-state index in [9.17, 15) is 4.79 Å². The molecule has 0 heterocycles. The Morgan fingerprint density at radius 3 is 2.39 bits per heavy atom. The quantitative estimate of drug-likeness (QED) is 0.501. The molecule has 0 saturated carbocycles. The van der Waals surface area contributed by atoms with Crippen LogP contribution in [0.4, 0.5) is 5.69 Å². The summed E-state index contributed by atoms with van der Waals surface area (Å²) in [4.78, 5) is 16.4. The van der Waals surface area contributed by atoms with Crippen LogP contribution in [0.3, 0.4) is 0 Å². The number of methoxy groups -OCH3 is 2. The van der Waals surface area contributed by atoms with Crippen LogP contribution in [0, 0.1) is 0 Å². The zero-order valence-corrected chi connectivity index (χ0v) is 17.7. The third-order valence-electron chi connectivity index (χ3n) is 4.57. The second kappa shape index (κ2) is 11.4. The van der Waals surface area contributed by atoms with Crippen LogP contribution in [0.1, 0.15) is 11.1 Å². The number of nitrogens with zero attached hydrogens (tertiary/aromatic N) is 1. The van der Waals surface area contributed by atoms with Crippen molar-refractivity contribution < 1.29 is 19.0 Å². The SMILES string of the molecule is COc1ccc(N=Cc2ccc(OCC(=O)NCCc3ccccc3)cc2)c(OC)c1. The third kappa shape index (κ3) is 6.89. The lowest BCUT2D eigenvalue weighted by atomic mass is 10.1. The fourth-order valence-electron chi connectivity index (χ4n) is 2.88. The summed E-state index contributed by atoms with van der Waals surface area (Å²) in [5.41, 5.74) is 2.79. The van der Waals surface area contributed by atoms with Crippen LogP contribution in [0.5, 0.6) is 17.2 Å². The fraction of sp³-hybridized carbons (Fsp3) is 0.200. The molecular formula is C25H26N2O4. The third-order valence-corrected chi connectivity index (χ3v) is 4.57. The van der Waals surface area contributed by atoms with E-state index in [0.29, 0.717) is 29.5 Å². The van der Waals surface area contributed by atoms with Crippen molar-refractivity contribution in [2.24, 2.45) is 4.99 Å². The van der Waals surface area contributed by atoms with E-state index in [1.165, 1.54) is 5.56 Å². The summed E-state index contributed by atoms with van der Waals surface area (Å²) in [6, 6.07) is 22.9. The lowest BCUT2D eigenvalue weighted by Gasteiger charge is -2.08. The van der Waals surface area contributed by atoms with E-state index in [2.05, 4.69) is 10.3 Å². The molecule has 0 bridgehead atoms. The van der Waals surface area contributed by atoms with Gasteiger partial charge in [0, 0.05) is 18.8 Å². The number of hydrogen-bond acceptors (Lipinski definition) is 5. The fourth-order valence-corrected chi connectivity index (χ4v) is 2.88. The monoisotopic (exact) mass is 418 g/mol. The first-order valence-electron chi connectivity index (χ1n) is 9.97. The summed E-state index contributed by atoms with van der Waals surface area (Å²) in [6.07, 6.45) is 2.53. The Hall–Kier alpha value is -3.80. The summed E-state index contributed by atoms with van der Waals surface area (Å²) >= 11 is 0. The van der Waals surface area contributed by atoms with Crippen LogP contribution in [0.25, 0.3) is 0 Å². The van der Waals surface area contributed by atoms with Gasteiger partial charge in [-0.25, -0.2) is 0 Å². The molecule has 0 aliphatic carbocycles. The van der Waals surface area contributed by atoms with E-state index in [0.717, 1.165) is 12.0 Å². The van der Waals surface area contributed by atoms with Gasteiger partial charge in [0.1, 0.15) is 22.9 Å². The minimum absolute atomic E-state index is 0.0225. The molecule has 3 aromatic rings. The molecule has 3 rings (SSSR count). The Kier molecular flexibility index (Phi) is 8.05. The summed E-state index contributed by atoms with van der Waals surface area (Å²) in [5.74, 6) is 1.82. The maximum absolute atomic E-state index is 12.0. The zero-order valence-electron chi connectivity index (χ0n) is 17.7. The Labute approximate surface area is 182 Å². The lowest BCUT2D eigenvalue weighted by Crippen LogP contribution is -2.30. The van der Waals surface area contributed by atoms with Gasteiger partial charge in [-0.15, -0.1) is 0 Å². The van der Waals surface area contributed by atoms with Gasteiger partial charge in [0.25, 0.3) is 5.91 Å². The van der Waals surface area contributed by atoms with E-state index >= 15 is 0 Å². The molecule has 0 aliphatic rings. The van der Waals surface area contributed by atoms with E-state index in [1.807, 2.05) is 66.7 Å². The topological polar surface area (TPSA) is 69.2 Å². The van der Waals surface area contributed by atoms with Crippen LogP contribution in [-0.4, -0.2) is 39.5 Å². The maximum Gasteiger partial charge on any atom is 0.257 e. The van der Waals surface area contributed by atoms with E-state index in [-0.39, 0.29) is 12.5 Å². The van der Waals surface area contributed by atoms with E-state index in [1.54, 1.807) is 26.5 Å². The summed E-state index contributed by atoms with van der Waals surface area (Å²) in [7, 11) is 3.20. The highest BCUT2D eigenvalue weighted by atomic mass is 16.5. The Balaban J connectivity index is 1.46. The molecule has 0 aliphatic heterocycles. The number of hydrogen-bond donors (Lipinski definition) is 1. The molecule has 3 aromatic carbocycles. The van der Waals surface area contributed by atoms with Crippen molar-refractivity contribution in [3.63, 3.8) is 0 Å². The number of amides is 1. The Morgan fingerprint density at radius 1 is 0.935 bits per heavy atom. The van der Waals surface area contributed by atoms with Gasteiger partial charge in [-0.2, -0.15) is 0 Å². The molecule has 1 N–H and O–H groups in total. The predicted molar refractivity (Wildman–Crippen MR) is 122 cm³/mol. The van der Waals surface area contributed by atoms with Gasteiger partial charge >= 0.3 is 0 Å². The highest BCUT2D eigenvalue weighted by Gasteiger charge is 2.04. The highest BCUT2D eigenvalue weighted by molar-refractivity contribution is 5.83. The largest absolute Gasteiger partial charge is 0.497 e. The first-order valence-corrected chi connectivity index (χ1v) is 9.97. The number of rotatable bonds is 10. The number of carbonyl (C=O) groups excluding carboxylic acids is 1. The molecular weight excluding hydrogens is 392 g/mol. The zero-order chi connectivity index (χ0) is 21.9. The van der Waals surface area contributed by atoms with Gasteiger partial charge < -0.3 is 19.5 Å². The van der Waals surface area contributed by atoms with E-state index in [4.69, 9.17) is 14.2 Å². The normalized spacial score (nSPS) is 10.6.